The van der Waals surface area contributed by atoms with E-state index < -0.39 is 6.04 Å². The first-order chi connectivity index (χ1) is 7.84. The van der Waals surface area contributed by atoms with Gasteiger partial charge in [-0.2, -0.15) is 0 Å². The zero-order valence-corrected chi connectivity index (χ0v) is 11.1. The minimum atomic E-state index is -0.473. The van der Waals surface area contributed by atoms with Crippen molar-refractivity contribution in [3.63, 3.8) is 0 Å². The predicted molar refractivity (Wildman–Crippen MR) is 67.5 cm³/mol. The van der Waals surface area contributed by atoms with Gasteiger partial charge in [0.05, 0.1) is 6.04 Å². The number of urea groups is 1. The van der Waals surface area contributed by atoms with Crippen LogP contribution in [0, 0.1) is 5.92 Å². The molecule has 0 heterocycles. The number of nitrogens with two attached hydrogens (primary N) is 1. The summed E-state index contributed by atoms with van der Waals surface area (Å²) in [5, 5.41) is 5.33. The summed E-state index contributed by atoms with van der Waals surface area (Å²) in [6.45, 7) is 4.83. The molecule has 0 aromatic carbocycles. The van der Waals surface area contributed by atoms with Crippen molar-refractivity contribution in [3.8, 4) is 0 Å². The van der Waals surface area contributed by atoms with E-state index in [2.05, 4.69) is 10.6 Å². The van der Waals surface area contributed by atoms with Gasteiger partial charge in [-0.3, -0.25) is 4.79 Å². The molecule has 0 fully saturated rings. The van der Waals surface area contributed by atoms with E-state index >= 15 is 0 Å². The fourth-order valence-electron chi connectivity index (χ4n) is 1.26. The summed E-state index contributed by atoms with van der Waals surface area (Å²) in [7, 11) is 3.32. The minimum Gasteiger partial charge on any atom is -0.353 e. The largest absolute Gasteiger partial charge is 0.353 e. The van der Waals surface area contributed by atoms with Crippen LogP contribution in [0.15, 0.2) is 0 Å². The first-order valence-corrected chi connectivity index (χ1v) is 5.83. The van der Waals surface area contributed by atoms with E-state index in [1.165, 1.54) is 4.90 Å². The van der Waals surface area contributed by atoms with Crippen LogP contribution in [0.4, 0.5) is 4.79 Å². The lowest BCUT2D eigenvalue weighted by Gasteiger charge is -2.15. The summed E-state index contributed by atoms with van der Waals surface area (Å²) in [6.07, 6.45) is 0.663. The van der Waals surface area contributed by atoms with Crippen LogP contribution in [-0.2, 0) is 4.79 Å². The highest BCUT2D eigenvalue weighted by molar-refractivity contribution is 5.81. The molecule has 0 saturated heterocycles. The van der Waals surface area contributed by atoms with Crippen molar-refractivity contribution in [3.05, 3.63) is 0 Å². The Balaban J connectivity index is 3.68. The second-order valence-corrected chi connectivity index (χ2v) is 4.65. The molecule has 17 heavy (non-hydrogen) atoms. The molecule has 0 radical (unpaired) electrons. The Bertz CT molecular complexity index is 254. The molecule has 6 heteroatoms. The molecule has 0 aromatic rings. The Morgan fingerprint density at radius 2 is 1.71 bits per heavy atom. The molecule has 0 bridgehead atoms. The fraction of sp³-hybridized carbons (Fsp3) is 0.818. The number of nitrogens with one attached hydrogen (secondary N) is 2. The maximum Gasteiger partial charge on any atom is 0.316 e. The summed E-state index contributed by atoms with van der Waals surface area (Å²) in [6, 6.07) is -0.648. The number of nitrogens with zero attached hydrogens (tertiary/aromatic N) is 1. The SMILES string of the molecule is CC(C)C[C@H](N)C(=O)NCCNC(=O)N(C)C. The molecule has 0 spiro atoms. The number of hydrogen-bond acceptors (Lipinski definition) is 3. The van der Waals surface area contributed by atoms with Crippen molar-refractivity contribution >= 4 is 11.9 Å². The maximum absolute atomic E-state index is 11.5. The van der Waals surface area contributed by atoms with Gasteiger partial charge in [0, 0.05) is 27.2 Å². The van der Waals surface area contributed by atoms with Gasteiger partial charge in [-0.1, -0.05) is 13.8 Å². The van der Waals surface area contributed by atoms with Crippen molar-refractivity contribution < 1.29 is 9.59 Å². The lowest BCUT2D eigenvalue weighted by molar-refractivity contribution is -0.122. The van der Waals surface area contributed by atoms with Crippen molar-refractivity contribution in [1.29, 1.82) is 0 Å². The van der Waals surface area contributed by atoms with Crippen LogP contribution in [0.1, 0.15) is 20.3 Å². The fourth-order valence-corrected chi connectivity index (χ4v) is 1.26. The summed E-state index contributed by atoms with van der Waals surface area (Å²) < 4.78 is 0. The minimum absolute atomic E-state index is 0.169. The summed E-state index contributed by atoms with van der Waals surface area (Å²) in [5.74, 6) is 0.224. The third-order valence-corrected chi connectivity index (χ3v) is 2.17. The van der Waals surface area contributed by atoms with Crippen molar-refractivity contribution in [2.75, 3.05) is 27.2 Å². The number of hydrogen-bond donors (Lipinski definition) is 3. The molecule has 0 saturated carbocycles. The van der Waals surface area contributed by atoms with Gasteiger partial charge in [0.15, 0.2) is 0 Å². The highest BCUT2D eigenvalue weighted by Crippen LogP contribution is 2.01. The normalized spacial score (nSPS) is 12.1. The standard InChI is InChI=1S/C11H24N4O2/c1-8(2)7-9(12)10(16)13-5-6-14-11(17)15(3)4/h8-9H,5-7,12H2,1-4H3,(H,13,16)(H,14,17)/t9-/m0/s1. The molecule has 0 aliphatic heterocycles. The second-order valence-electron chi connectivity index (χ2n) is 4.65. The van der Waals surface area contributed by atoms with Gasteiger partial charge in [0.25, 0.3) is 0 Å². The van der Waals surface area contributed by atoms with Crippen molar-refractivity contribution in [2.24, 2.45) is 11.7 Å². The molecular formula is C11H24N4O2. The van der Waals surface area contributed by atoms with Gasteiger partial charge in [0.1, 0.15) is 0 Å². The van der Waals surface area contributed by atoms with E-state index in [4.69, 9.17) is 5.73 Å². The lowest BCUT2D eigenvalue weighted by Crippen LogP contribution is -2.45. The van der Waals surface area contributed by atoms with Crippen LogP contribution in [0.3, 0.4) is 0 Å². The molecule has 1 atom stereocenters. The molecule has 100 valence electrons. The van der Waals surface area contributed by atoms with Gasteiger partial charge >= 0.3 is 6.03 Å². The number of carbonyl (C=O) groups is 2. The van der Waals surface area contributed by atoms with Crippen LogP contribution in [0.2, 0.25) is 0 Å². The topological polar surface area (TPSA) is 87.5 Å². The highest BCUT2D eigenvalue weighted by atomic mass is 16.2. The molecule has 6 nitrogen and oxygen atoms in total. The first-order valence-electron chi connectivity index (χ1n) is 5.83. The number of carbonyl (C=O) groups excluding carboxylic acids is 2. The van der Waals surface area contributed by atoms with E-state index in [1.54, 1.807) is 14.1 Å². The average molecular weight is 244 g/mol. The average Bonchev–Trinajstić information content (AvgIpc) is 2.22. The van der Waals surface area contributed by atoms with E-state index in [-0.39, 0.29) is 11.9 Å². The van der Waals surface area contributed by atoms with Gasteiger partial charge in [0.2, 0.25) is 5.91 Å². The molecule has 4 N–H and O–H groups in total. The van der Waals surface area contributed by atoms with E-state index in [0.29, 0.717) is 25.4 Å². The van der Waals surface area contributed by atoms with Crippen molar-refractivity contribution in [1.82, 2.24) is 15.5 Å². The quantitative estimate of drug-likeness (QED) is 0.563. The van der Waals surface area contributed by atoms with E-state index in [9.17, 15) is 9.59 Å². The third-order valence-electron chi connectivity index (χ3n) is 2.17. The zero-order chi connectivity index (χ0) is 13.4. The highest BCUT2D eigenvalue weighted by Gasteiger charge is 2.14. The Morgan fingerprint density at radius 1 is 1.18 bits per heavy atom. The Morgan fingerprint density at radius 3 is 2.18 bits per heavy atom. The van der Waals surface area contributed by atoms with Gasteiger partial charge < -0.3 is 21.3 Å². The zero-order valence-electron chi connectivity index (χ0n) is 11.1. The monoisotopic (exact) mass is 244 g/mol. The first kappa shape index (κ1) is 15.7. The molecule has 0 rings (SSSR count). The Kier molecular flexibility index (Phi) is 7.29. The maximum atomic E-state index is 11.5. The third kappa shape index (κ3) is 7.57. The smallest absolute Gasteiger partial charge is 0.316 e. The molecular weight excluding hydrogens is 220 g/mol. The molecule has 0 aliphatic rings. The summed E-state index contributed by atoms with van der Waals surface area (Å²) in [4.78, 5) is 24.1. The van der Waals surface area contributed by atoms with Crippen molar-refractivity contribution in [2.45, 2.75) is 26.3 Å². The predicted octanol–water partition coefficient (Wildman–Crippen LogP) is -0.253. The van der Waals surface area contributed by atoms with Crippen LogP contribution >= 0.6 is 0 Å². The molecule has 0 aromatic heterocycles. The van der Waals surface area contributed by atoms with Gasteiger partial charge in [-0.25, -0.2) is 4.79 Å². The van der Waals surface area contributed by atoms with Crippen LogP contribution < -0.4 is 16.4 Å². The Hall–Kier alpha value is -1.30. The summed E-state index contributed by atoms with van der Waals surface area (Å²) >= 11 is 0. The van der Waals surface area contributed by atoms with Crippen LogP contribution in [0.25, 0.3) is 0 Å². The molecule has 3 amide bonds. The van der Waals surface area contributed by atoms with Gasteiger partial charge in [-0.15, -0.1) is 0 Å². The van der Waals surface area contributed by atoms with E-state index in [1.807, 2.05) is 13.8 Å². The second kappa shape index (κ2) is 7.89. The van der Waals surface area contributed by atoms with E-state index in [0.717, 1.165) is 0 Å². The van der Waals surface area contributed by atoms with Crippen LogP contribution in [-0.4, -0.2) is 50.1 Å². The van der Waals surface area contributed by atoms with Crippen LogP contribution in [0.5, 0.6) is 0 Å². The Labute approximate surface area is 103 Å². The summed E-state index contributed by atoms with van der Waals surface area (Å²) in [5.41, 5.74) is 5.70. The lowest BCUT2D eigenvalue weighted by atomic mass is 10.0. The number of amides is 3. The molecule has 0 aliphatic carbocycles. The number of rotatable bonds is 6. The molecule has 0 unspecified atom stereocenters. The van der Waals surface area contributed by atoms with Gasteiger partial charge in [-0.05, 0) is 12.3 Å².